The van der Waals surface area contributed by atoms with Crippen molar-refractivity contribution in [2.75, 3.05) is 21.3 Å². The molecule has 0 unspecified atom stereocenters. The molecule has 0 saturated carbocycles. The Bertz CT molecular complexity index is 1290. The van der Waals surface area contributed by atoms with Gasteiger partial charge in [-0.05, 0) is 31.2 Å². The summed E-state index contributed by atoms with van der Waals surface area (Å²) in [5, 5.41) is 22.9. The van der Waals surface area contributed by atoms with Gasteiger partial charge in [-0.1, -0.05) is 30.0 Å². The van der Waals surface area contributed by atoms with E-state index in [9.17, 15) is 5.26 Å². The molecule has 0 spiro atoms. The number of aromatic nitrogens is 4. The normalized spacial score (nSPS) is 10.6. The van der Waals surface area contributed by atoms with E-state index in [0.717, 1.165) is 11.4 Å². The predicted octanol–water partition coefficient (Wildman–Crippen LogP) is 4.42. The fraction of sp³-hybridized carbons (Fsp3) is 0.217. The van der Waals surface area contributed by atoms with Crippen LogP contribution in [0.3, 0.4) is 0 Å². The second kappa shape index (κ2) is 9.67. The van der Waals surface area contributed by atoms with E-state index < -0.39 is 0 Å². The molecule has 0 bridgehead atoms. The number of methoxy groups -OCH3 is 3. The van der Waals surface area contributed by atoms with E-state index in [0.29, 0.717) is 50.9 Å². The maximum absolute atomic E-state index is 9.65. The maximum Gasteiger partial charge on any atom is 0.277 e. The third-order valence-electron chi connectivity index (χ3n) is 4.92. The minimum absolute atomic E-state index is 0.310. The van der Waals surface area contributed by atoms with Gasteiger partial charge in [-0.15, -0.1) is 10.2 Å². The minimum atomic E-state index is 0.310. The zero-order valence-corrected chi connectivity index (χ0v) is 19.3. The van der Waals surface area contributed by atoms with Crippen LogP contribution in [0.1, 0.15) is 17.0 Å². The van der Waals surface area contributed by atoms with Crippen LogP contribution in [0, 0.1) is 18.3 Å². The van der Waals surface area contributed by atoms with Gasteiger partial charge in [0.05, 0.1) is 44.0 Å². The van der Waals surface area contributed by atoms with Gasteiger partial charge in [0.25, 0.3) is 5.22 Å². The van der Waals surface area contributed by atoms with E-state index in [2.05, 4.69) is 21.4 Å². The molecule has 0 fully saturated rings. The molecule has 0 atom stereocenters. The Hall–Kier alpha value is -3.97. The standard InChI is InChI=1S/C23H21N5O4S/c1-14-17(12-24)18(28(27-14)16-8-6-5-7-9-16)13-33-23-26-25-22(32-23)15-10-19(29-2)21(31-4)20(11-15)30-3/h5-11H,13H2,1-4H3. The number of hydrogen-bond acceptors (Lipinski definition) is 9. The van der Waals surface area contributed by atoms with Crippen LogP contribution in [0.5, 0.6) is 17.2 Å². The van der Waals surface area contributed by atoms with Gasteiger partial charge in [-0.2, -0.15) is 10.4 Å². The molecule has 4 rings (SSSR count). The molecule has 0 saturated heterocycles. The quantitative estimate of drug-likeness (QED) is 0.351. The van der Waals surface area contributed by atoms with Gasteiger partial charge in [-0.3, -0.25) is 0 Å². The zero-order valence-electron chi connectivity index (χ0n) is 18.5. The fourth-order valence-electron chi connectivity index (χ4n) is 3.36. The second-order valence-corrected chi connectivity index (χ2v) is 7.77. The molecule has 2 aromatic heterocycles. The Morgan fingerprint density at radius 1 is 1.03 bits per heavy atom. The third-order valence-corrected chi connectivity index (χ3v) is 5.75. The summed E-state index contributed by atoms with van der Waals surface area (Å²) in [6, 6.07) is 15.4. The van der Waals surface area contributed by atoms with Crippen molar-refractivity contribution in [3.05, 3.63) is 59.4 Å². The molecule has 0 radical (unpaired) electrons. The topological polar surface area (TPSA) is 108 Å². The van der Waals surface area contributed by atoms with E-state index >= 15 is 0 Å². The van der Waals surface area contributed by atoms with Crippen LogP contribution < -0.4 is 14.2 Å². The van der Waals surface area contributed by atoms with Crippen LogP contribution >= 0.6 is 11.8 Å². The van der Waals surface area contributed by atoms with E-state index in [1.54, 1.807) is 38.1 Å². The van der Waals surface area contributed by atoms with Gasteiger partial charge in [0.2, 0.25) is 11.6 Å². The molecule has 33 heavy (non-hydrogen) atoms. The number of ether oxygens (including phenoxy) is 3. The molecule has 0 N–H and O–H groups in total. The van der Waals surface area contributed by atoms with E-state index in [1.165, 1.54) is 11.8 Å². The number of hydrogen-bond donors (Lipinski definition) is 0. The lowest BCUT2D eigenvalue weighted by molar-refractivity contribution is 0.324. The van der Waals surface area contributed by atoms with Crippen LogP contribution in [0.15, 0.2) is 52.1 Å². The summed E-state index contributed by atoms with van der Waals surface area (Å²) in [5.41, 5.74) is 3.48. The zero-order chi connectivity index (χ0) is 23.4. The van der Waals surface area contributed by atoms with Crippen molar-refractivity contribution >= 4 is 11.8 Å². The first-order valence-corrected chi connectivity index (χ1v) is 10.9. The molecular formula is C23H21N5O4S. The van der Waals surface area contributed by atoms with Crippen molar-refractivity contribution in [1.82, 2.24) is 20.0 Å². The molecule has 0 aliphatic rings. The lowest BCUT2D eigenvalue weighted by Gasteiger charge is -2.12. The largest absolute Gasteiger partial charge is 0.493 e. The van der Waals surface area contributed by atoms with Gasteiger partial charge in [0, 0.05) is 11.3 Å². The predicted molar refractivity (Wildman–Crippen MR) is 122 cm³/mol. The Morgan fingerprint density at radius 3 is 2.33 bits per heavy atom. The Kier molecular flexibility index (Phi) is 6.51. The van der Waals surface area contributed by atoms with Gasteiger partial charge >= 0.3 is 0 Å². The monoisotopic (exact) mass is 463 g/mol. The average molecular weight is 464 g/mol. The molecule has 0 amide bonds. The highest BCUT2D eigenvalue weighted by Crippen LogP contribution is 2.41. The summed E-state index contributed by atoms with van der Waals surface area (Å²) < 4.78 is 23.8. The Labute approximate surface area is 194 Å². The van der Waals surface area contributed by atoms with Crippen molar-refractivity contribution in [2.24, 2.45) is 0 Å². The molecule has 2 heterocycles. The highest BCUT2D eigenvalue weighted by molar-refractivity contribution is 7.98. The number of nitrogens with zero attached hydrogens (tertiary/aromatic N) is 5. The fourth-order valence-corrected chi connectivity index (χ4v) is 4.12. The summed E-state index contributed by atoms with van der Waals surface area (Å²) in [7, 11) is 4.63. The average Bonchev–Trinajstić information content (AvgIpc) is 3.46. The number of benzene rings is 2. The maximum atomic E-state index is 9.65. The Morgan fingerprint density at radius 2 is 1.73 bits per heavy atom. The van der Waals surface area contributed by atoms with Crippen molar-refractivity contribution in [1.29, 1.82) is 5.26 Å². The molecule has 10 heteroatoms. The van der Waals surface area contributed by atoms with Crippen molar-refractivity contribution < 1.29 is 18.6 Å². The lowest BCUT2D eigenvalue weighted by Crippen LogP contribution is -2.02. The molecular weight excluding hydrogens is 442 g/mol. The molecule has 0 aliphatic heterocycles. The SMILES string of the molecule is COc1cc(-c2nnc(SCc3c(C#N)c(C)nn3-c3ccccc3)o2)cc(OC)c1OC. The Balaban J connectivity index is 1.61. The van der Waals surface area contributed by atoms with Crippen LogP contribution in [0.25, 0.3) is 17.1 Å². The van der Waals surface area contributed by atoms with Crippen LogP contribution in [0.2, 0.25) is 0 Å². The summed E-state index contributed by atoms with van der Waals surface area (Å²) in [6.45, 7) is 1.82. The number of para-hydroxylation sites is 1. The van der Waals surface area contributed by atoms with Gasteiger partial charge in [0.15, 0.2) is 11.5 Å². The van der Waals surface area contributed by atoms with Crippen molar-refractivity contribution in [2.45, 2.75) is 17.9 Å². The molecule has 4 aromatic rings. The summed E-state index contributed by atoms with van der Waals surface area (Å²) >= 11 is 1.33. The van der Waals surface area contributed by atoms with Crippen LogP contribution in [0.4, 0.5) is 0 Å². The summed E-state index contributed by atoms with van der Waals surface area (Å²) in [6.07, 6.45) is 0. The molecule has 0 aliphatic carbocycles. The van der Waals surface area contributed by atoms with Crippen molar-refractivity contribution in [3.63, 3.8) is 0 Å². The highest BCUT2D eigenvalue weighted by atomic mass is 32.2. The van der Waals surface area contributed by atoms with E-state index in [4.69, 9.17) is 18.6 Å². The summed E-state index contributed by atoms with van der Waals surface area (Å²) in [5.74, 6) is 2.19. The van der Waals surface area contributed by atoms with Gasteiger partial charge in [0.1, 0.15) is 6.07 Å². The minimum Gasteiger partial charge on any atom is -0.493 e. The first kappa shape index (κ1) is 22.2. The van der Waals surface area contributed by atoms with E-state index in [1.807, 2.05) is 37.3 Å². The first-order chi connectivity index (χ1) is 16.1. The van der Waals surface area contributed by atoms with Crippen LogP contribution in [-0.4, -0.2) is 41.3 Å². The first-order valence-electron chi connectivity index (χ1n) is 9.90. The number of rotatable bonds is 8. The third kappa shape index (κ3) is 4.36. The van der Waals surface area contributed by atoms with Crippen LogP contribution in [-0.2, 0) is 5.75 Å². The summed E-state index contributed by atoms with van der Waals surface area (Å²) in [4.78, 5) is 0. The second-order valence-electron chi connectivity index (χ2n) is 6.84. The molecule has 9 nitrogen and oxygen atoms in total. The molecule has 168 valence electrons. The van der Waals surface area contributed by atoms with Gasteiger partial charge < -0.3 is 18.6 Å². The van der Waals surface area contributed by atoms with Gasteiger partial charge in [-0.25, -0.2) is 4.68 Å². The lowest BCUT2D eigenvalue weighted by atomic mass is 10.2. The smallest absolute Gasteiger partial charge is 0.277 e. The highest BCUT2D eigenvalue weighted by Gasteiger charge is 2.20. The number of thioether (sulfide) groups is 1. The number of nitriles is 1. The van der Waals surface area contributed by atoms with Crippen molar-refractivity contribution in [3.8, 4) is 40.5 Å². The number of aryl methyl sites for hydroxylation is 1. The molecule has 2 aromatic carbocycles. The van der Waals surface area contributed by atoms with E-state index in [-0.39, 0.29) is 0 Å².